The minimum atomic E-state index is -0.470. The minimum Gasteiger partial charge on any atom is -0.495 e. The zero-order chi connectivity index (χ0) is 14.5. The van der Waals surface area contributed by atoms with Crippen LogP contribution >= 0.6 is 11.6 Å². The number of nitrogens with two attached hydrogens (primary N) is 1. The van der Waals surface area contributed by atoms with Gasteiger partial charge in [-0.1, -0.05) is 23.7 Å². The fourth-order valence-electron chi connectivity index (χ4n) is 1.80. The summed E-state index contributed by atoms with van der Waals surface area (Å²) < 4.78 is 5.25. The summed E-state index contributed by atoms with van der Waals surface area (Å²) in [5.41, 5.74) is 7.50. The average Bonchev–Trinajstić information content (AvgIpc) is 2.46. The number of anilines is 1. The van der Waals surface area contributed by atoms with Gasteiger partial charge in [0.15, 0.2) is 0 Å². The maximum Gasteiger partial charge on any atom is 0.248 e. The second-order valence-corrected chi connectivity index (χ2v) is 4.70. The van der Waals surface area contributed by atoms with Crippen molar-refractivity contribution in [3.05, 3.63) is 58.6 Å². The maximum absolute atomic E-state index is 11.2. The molecular weight excluding hydrogens is 276 g/mol. The number of carbonyl (C=O) groups is 1. The fraction of sp³-hybridized carbons (Fsp3) is 0.133. The van der Waals surface area contributed by atoms with Crippen molar-refractivity contribution in [1.82, 2.24) is 0 Å². The molecule has 104 valence electrons. The first-order valence-corrected chi connectivity index (χ1v) is 6.44. The Morgan fingerprint density at radius 1 is 1.25 bits per heavy atom. The molecule has 0 atom stereocenters. The Morgan fingerprint density at radius 2 is 1.95 bits per heavy atom. The number of carbonyl (C=O) groups excluding carboxylic acids is 1. The molecule has 3 N–H and O–H groups in total. The molecule has 0 fully saturated rings. The van der Waals surface area contributed by atoms with E-state index in [0.717, 1.165) is 11.3 Å². The van der Waals surface area contributed by atoms with Crippen LogP contribution < -0.4 is 15.8 Å². The molecule has 0 spiro atoms. The number of nitrogens with one attached hydrogen (secondary N) is 1. The third kappa shape index (κ3) is 3.42. The number of ether oxygens (including phenoxy) is 1. The first-order valence-electron chi connectivity index (χ1n) is 6.06. The number of methoxy groups -OCH3 is 1. The molecule has 20 heavy (non-hydrogen) atoms. The summed E-state index contributed by atoms with van der Waals surface area (Å²) in [4.78, 5) is 11.2. The van der Waals surface area contributed by atoms with Gasteiger partial charge in [-0.3, -0.25) is 4.79 Å². The summed E-state index contributed by atoms with van der Waals surface area (Å²) in [7, 11) is 1.58. The van der Waals surface area contributed by atoms with E-state index in [-0.39, 0.29) is 0 Å². The van der Waals surface area contributed by atoms with E-state index < -0.39 is 5.91 Å². The summed E-state index contributed by atoms with van der Waals surface area (Å²) in [5.74, 6) is 0.186. The number of rotatable bonds is 5. The van der Waals surface area contributed by atoms with E-state index in [1.54, 1.807) is 25.3 Å². The highest BCUT2D eigenvalue weighted by Gasteiger charge is 2.07. The Hall–Kier alpha value is -2.20. The lowest BCUT2D eigenvalue weighted by atomic mass is 10.1. The van der Waals surface area contributed by atoms with Crippen molar-refractivity contribution in [3.8, 4) is 5.75 Å². The normalized spacial score (nSPS) is 10.1. The number of halogens is 1. The molecule has 0 unspecified atom stereocenters. The summed E-state index contributed by atoms with van der Waals surface area (Å²) in [6, 6.07) is 12.5. The van der Waals surface area contributed by atoms with Crippen molar-refractivity contribution in [1.29, 1.82) is 0 Å². The van der Waals surface area contributed by atoms with Crippen LogP contribution in [0, 0.1) is 0 Å². The van der Waals surface area contributed by atoms with E-state index in [9.17, 15) is 4.79 Å². The van der Waals surface area contributed by atoms with E-state index in [2.05, 4.69) is 5.32 Å². The number of benzene rings is 2. The van der Waals surface area contributed by atoms with E-state index >= 15 is 0 Å². The van der Waals surface area contributed by atoms with E-state index in [4.69, 9.17) is 22.1 Å². The summed E-state index contributed by atoms with van der Waals surface area (Å²) >= 11 is 5.84. The summed E-state index contributed by atoms with van der Waals surface area (Å²) in [5, 5.41) is 3.92. The van der Waals surface area contributed by atoms with E-state index in [1.807, 2.05) is 24.3 Å². The van der Waals surface area contributed by atoms with Gasteiger partial charge in [0.05, 0.1) is 12.8 Å². The monoisotopic (exact) mass is 290 g/mol. The van der Waals surface area contributed by atoms with E-state index in [1.165, 1.54) is 0 Å². The van der Waals surface area contributed by atoms with Gasteiger partial charge in [0, 0.05) is 17.1 Å². The van der Waals surface area contributed by atoms with Crippen LogP contribution in [0.2, 0.25) is 5.02 Å². The molecule has 0 saturated heterocycles. The molecule has 0 radical (unpaired) electrons. The van der Waals surface area contributed by atoms with Crippen LogP contribution in [0.15, 0.2) is 42.5 Å². The van der Waals surface area contributed by atoms with Gasteiger partial charge < -0.3 is 15.8 Å². The average molecular weight is 291 g/mol. The van der Waals surface area contributed by atoms with Gasteiger partial charge in [0.2, 0.25) is 5.91 Å². The highest BCUT2D eigenvalue weighted by molar-refractivity contribution is 6.30. The van der Waals surface area contributed by atoms with Crippen LogP contribution in [0.4, 0.5) is 5.69 Å². The van der Waals surface area contributed by atoms with Crippen molar-refractivity contribution < 1.29 is 9.53 Å². The highest BCUT2D eigenvalue weighted by atomic mass is 35.5. The number of hydrogen-bond acceptors (Lipinski definition) is 3. The topological polar surface area (TPSA) is 64.3 Å². The molecule has 5 heteroatoms. The lowest BCUT2D eigenvalue weighted by Gasteiger charge is -2.12. The lowest BCUT2D eigenvalue weighted by molar-refractivity contribution is 0.100. The Kier molecular flexibility index (Phi) is 4.48. The van der Waals surface area contributed by atoms with Crippen LogP contribution in [0.1, 0.15) is 15.9 Å². The lowest BCUT2D eigenvalue weighted by Crippen LogP contribution is -2.11. The fourth-order valence-corrected chi connectivity index (χ4v) is 1.92. The Morgan fingerprint density at radius 3 is 2.55 bits per heavy atom. The molecule has 0 bridgehead atoms. The van der Waals surface area contributed by atoms with Gasteiger partial charge in [-0.25, -0.2) is 0 Å². The van der Waals surface area contributed by atoms with E-state index in [0.29, 0.717) is 22.9 Å². The Labute approximate surface area is 122 Å². The van der Waals surface area contributed by atoms with Gasteiger partial charge in [-0.15, -0.1) is 0 Å². The minimum absolute atomic E-state index is 0.435. The smallest absolute Gasteiger partial charge is 0.248 e. The zero-order valence-corrected chi connectivity index (χ0v) is 11.8. The predicted molar refractivity (Wildman–Crippen MR) is 80.3 cm³/mol. The molecule has 0 aliphatic heterocycles. The maximum atomic E-state index is 11.2. The molecule has 2 rings (SSSR count). The van der Waals surface area contributed by atoms with Crippen LogP contribution in [0.25, 0.3) is 0 Å². The van der Waals surface area contributed by atoms with Crippen LogP contribution in [-0.4, -0.2) is 13.0 Å². The van der Waals surface area contributed by atoms with Gasteiger partial charge >= 0.3 is 0 Å². The van der Waals surface area contributed by atoms with Crippen molar-refractivity contribution in [3.63, 3.8) is 0 Å². The molecule has 0 aliphatic rings. The van der Waals surface area contributed by atoms with Crippen LogP contribution in [0.3, 0.4) is 0 Å². The standard InChI is InChI=1S/C15H15ClN2O2/c1-20-14-7-4-11(15(17)19)8-13(14)18-9-10-2-5-12(16)6-3-10/h2-8,18H,9H2,1H3,(H2,17,19). The number of hydrogen-bond donors (Lipinski definition) is 2. The third-order valence-electron chi connectivity index (χ3n) is 2.88. The van der Waals surface area contributed by atoms with Crippen molar-refractivity contribution >= 4 is 23.2 Å². The molecule has 0 aliphatic carbocycles. The predicted octanol–water partition coefficient (Wildman–Crippen LogP) is 3.06. The molecule has 1 amide bonds. The third-order valence-corrected chi connectivity index (χ3v) is 3.13. The summed E-state index contributed by atoms with van der Waals surface area (Å²) in [6.07, 6.45) is 0. The molecule has 0 saturated carbocycles. The second kappa shape index (κ2) is 6.30. The first kappa shape index (κ1) is 14.2. The van der Waals surface area contributed by atoms with Crippen LogP contribution in [0.5, 0.6) is 5.75 Å². The largest absolute Gasteiger partial charge is 0.495 e. The molecule has 0 heterocycles. The number of amides is 1. The molecule has 0 aromatic heterocycles. The van der Waals surface area contributed by atoms with Gasteiger partial charge in [0.25, 0.3) is 0 Å². The second-order valence-electron chi connectivity index (χ2n) is 4.26. The van der Waals surface area contributed by atoms with Crippen LogP contribution in [-0.2, 0) is 6.54 Å². The van der Waals surface area contributed by atoms with Gasteiger partial charge in [0.1, 0.15) is 5.75 Å². The molecule has 4 nitrogen and oxygen atoms in total. The molecular formula is C15H15ClN2O2. The highest BCUT2D eigenvalue weighted by Crippen LogP contribution is 2.26. The molecule has 2 aromatic carbocycles. The Balaban J connectivity index is 2.16. The number of primary amides is 1. The molecule has 2 aromatic rings. The first-order chi connectivity index (χ1) is 9.60. The zero-order valence-electron chi connectivity index (χ0n) is 11.0. The summed E-state index contributed by atoms with van der Waals surface area (Å²) in [6.45, 7) is 0.593. The van der Waals surface area contributed by atoms with Crippen molar-refractivity contribution in [2.24, 2.45) is 5.73 Å². The Bertz CT molecular complexity index is 612. The SMILES string of the molecule is COc1ccc(C(N)=O)cc1NCc1ccc(Cl)cc1. The van der Waals surface area contributed by atoms with Crippen molar-refractivity contribution in [2.75, 3.05) is 12.4 Å². The van der Waals surface area contributed by atoms with Gasteiger partial charge in [-0.2, -0.15) is 0 Å². The van der Waals surface area contributed by atoms with Gasteiger partial charge in [-0.05, 0) is 35.9 Å². The van der Waals surface area contributed by atoms with Crippen molar-refractivity contribution in [2.45, 2.75) is 6.54 Å². The quantitative estimate of drug-likeness (QED) is 0.889.